The van der Waals surface area contributed by atoms with E-state index in [9.17, 15) is 9.59 Å². The lowest BCUT2D eigenvalue weighted by molar-refractivity contribution is -0.138. The van der Waals surface area contributed by atoms with Crippen LogP contribution in [0.15, 0.2) is 12.7 Å². The zero-order chi connectivity index (χ0) is 11.8. The normalized spacial score (nSPS) is 12.2. The van der Waals surface area contributed by atoms with Crippen LogP contribution in [0.5, 0.6) is 0 Å². The topological polar surface area (TPSA) is 69.6 Å². The number of hydrogen-bond acceptors (Lipinski definition) is 3. The molecular formula is C10H18N2O3. The van der Waals surface area contributed by atoms with E-state index in [4.69, 9.17) is 5.11 Å². The summed E-state index contributed by atoms with van der Waals surface area (Å²) in [7, 11) is 1.72. The summed E-state index contributed by atoms with van der Waals surface area (Å²) in [5.74, 6) is -0.983. The van der Waals surface area contributed by atoms with Gasteiger partial charge in [-0.1, -0.05) is 6.08 Å². The summed E-state index contributed by atoms with van der Waals surface area (Å²) >= 11 is 0. The maximum absolute atomic E-state index is 11.4. The molecule has 0 fully saturated rings. The first-order valence-corrected chi connectivity index (χ1v) is 4.79. The van der Waals surface area contributed by atoms with Crippen LogP contribution in [-0.4, -0.2) is 48.1 Å². The number of nitrogens with zero attached hydrogens (tertiary/aromatic N) is 1. The van der Waals surface area contributed by atoms with E-state index in [1.807, 2.05) is 0 Å². The Kier molecular flexibility index (Phi) is 6.37. The molecule has 15 heavy (non-hydrogen) atoms. The third kappa shape index (κ3) is 5.85. The summed E-state index contributed by atoms with van der Waals surface area (Å²) in [6.45, 7) is 6.01. The molecule has 5 heteroatoms. The number of aliphatic carboxylic acids is 1. The van der Waals surface area contributed by atoms with Gasteiger partial charge in [-0.15, -0.1) is 6.58 Å². The molecule has 2 N–H and O–H groups in total. The molecule has 0 rings (SSSR count). The van der Waals surface area contributed by atoms with Crippen molar-refractivity contribution in [2.24, 2.45) is 0 Å². The zero-order valence-electron chi connectivity index (χ0n) is 9.19. The fraction of sp³-hybridized carbons (Fsp3) is 0.600. The summed E-state index contributed by atoms with van der Waals surface area (Å²) in [4.78, 5) is 23.5. The molecule has 86 valence electrons. The number of carboxylic acids is 1. The Hall–Kier alpha value is -1.36. The fourth-order valence-electron chi connectivity index (χ4n) is 0.986. The Bertz CT molecular complexity index is 241. The molecule has 0 bridgehead atoms. The lowest BCUT2D eigenvalue weighted by atomic mass is 10.2. The first-order chi connectivity index (χ1) is 6.99. The number of carbonyl (C=O) groups is 2. The fourth-order valence-corrected chi connectivity index (χ4v) is 0.986. The van der Waals surface area contributed by atoms with Gasteiger partial charge in [-0.25, -0.2) is 0 Å². The molecule has 0 saturated heterocycles. The average Bonchev–Trinajstić information content (AvgIpc) is 2.21. The number of nitrogens with one attached hydrogen (secondary N) is 1. The van der Waals surface area contributed by atoms with Gasteiger partial charge in [0, 0.05) is 13.1 Å². The second kappa shape index (κ2) is 7.00. The first-order valence-electron chi connectivity index (χ1n) is 4.79. The molecule has 0 heterocycles. The summed E-state index contributed by atoms with van der Waals surface area (Å²) in [5, 5.41) is 11.1. The molecular weight excluding hydrogens is 196 g/mol. The van der Waals surface area contributed by atoms with Crippen molar-refractivity contribution in [3.05, 3.63) is 12.7 Å². The number of amides is 1. The Morgan fingerprint density at radius 2 is 2.20 bits per heavy atom. The number of hydrogen-bond donors (Lipinski definition) is 2. The van der Waals surface area contributed by atoms with Crippen LogP contribution in [0.4, 0.5) is 0 Å². The summed E-state index contributed by atoms with van der Waals surface area (Å²) in [5.41, 5.74) is 0. The van der Waals surface area contributed by atoms with Crippen molar-refractivity contribution in [3.8, 4) is 0 Å². The van der Waals surface area contributed by atoms with Crippen LogP contribution in [0.25, 0.3) is 0 Å². The van der Waals surface area contributed by atoms with Gasteiger partial charge < -0.3 is 10.4 Å². The molecule has 0 aliphatic heterocycles. The van der Waals surface area contributed by atoms with Crippen molar-refractivity contribution < 1.29 is 14.7 Å². The van der Waals surface area contributed by atoms with E-state index in [1.54, 1.807) is 24.9 Å². The quantitative estimate of drug-likeness (QED) is 0.589. The van der Waals surface area contributed by atoms with E-state index < -0.39 is 5.97 Å². The van der Waals surface area contributed by atoms with E-state index in [2.05, 4.69) is 11.9 Å². The van der Waals surface area contributed by atoms with Crippen LogP contribution in [0.2, 0.25) is 0 Å². The lowest BCUT2D eigenvalue weighted by Crippen LogP contribution is -2.43. The second-order valence-electron chi connectivity index (χ2n) is 3.33. The molecule has 1 unspecified atom stereocenters. The maximum atomic E-state index is 11.4. The largest absolute Gasteiger partial charge is 0.481 e. The van der Waals surface area contributed by atoms with Crippen LogP contribution in [-0.2, 0) is 9.59 Å². The van der Waals surface area contributed by atoms with E-state index in [0.29, 0.717) is 13.1 Å². The minimum atomic E-state index is -0.861. The van der Waals surface area contributed by atoms with E-state index in [0.717, 1.165) is 0 Å². The molecule has 0 aliphatic rings. The van der Waals surface area contributed by atoms with Gasteiger partial charge in [0.05, 0.1) is 12.5 Å². The zero-order valence-corrected chi connectivity index (χ0v) is 9.19. The summed E-state index contributed by atoms with van der Waals surface area (Å²) < 4.78 is 0. The van der Waals surface area contributed by atoms with Crippen molar-refractivity contribution in [3.63, 3.8) is 0 Å². The highest BCUT2D eigenvalue weighted by Crippen LogP contribution is 1.97. The van der Waals surface area contributed by atoms with Gasteiger partial charge in [0.2, 0.25) is 5.91 Å². The minimum Gasteiger partial charge on any atom is -0.481 e. The van der Waals surface area contributed by atoms with Gasteiger partial charge in [-0.05, 0) is 14.0 Å². The molecule has 5 nitrogen and oxygen atoms in total. The lowest BCUT2D eigenvalue weighted by Gasteiger charge is -2.22. The molecule has 0 spiro atoms. The van der Waals surface area contributed by atoms with Gasteiger partial charge in [0.1, 0.15) is 0 Å². The monoisotopic (exact) mass is 214 g/mol. The van der Waals surface area contributed by atoms with Crippen molar-refractivity contribution in [1.29, 1.82) is 0 Å². The molecule has 0 radical (unpaired) electrons. The summed E-state index contributed by atoms with van der Waals surface area (Å²) in [6, 6.07) is -0.329. The van der Waals surface area contributed by atoms with E-state index >= 15 is 0 Å². The van der Waals surface area contributed by atoms with Crippen molar-refractivity contribution >= 4 is 11.9 Å². The van der Waals surface area contributed by atoms with Crippen LogP contribution in [0.3, 0.4) is 0 Å². The van der Waals surface area contributed by atoms with Crippen LogP contribution >= 0.6 is 0 Å². The van der Waals surface area contributed by atoms with Crippen molar-refractivity contribution in [1.82, 2.24) is 10.2 Å². The second-order valence-corrected chi connectivity index (χ2v) is 3.33. The maximum Gasteiger partial charge on any atom is 0.304 e. The minimum absolute atomic E-state index is 0.0373. The number of rotatable bonds is 7. The average molecular weight is 214 g/mol. The van der Waals surface area contributed by atoms with E-state index in [1.165, 1.54) is 0 Å². The Balaban J connectivity index is 3.95. The molecule has 0 aliphatic carbocycles. The predicted octanol–water partition coefficient (Wildman–Crippen LogP) is 0.0836. The first kappa shape index (κ1) is 13.6. The Morgan fingerprint density at radius 3 is 2.67 bits per heavy atom. The molecule has 0 aromatic carbocycles. The van der Waals surface area contributed by atoms with Gasteiger partial charge in [0.15, 0.2) is 0 Å². The SMILES string of the molecule is C=CCNC(=O)C(C)N(C)CCC(=O)O. The van der Waals surface area contributed by atoms with Crippen LogP contribution in [0.1, 0.15) is 13.3 Å². The number of carboxylic acid groups (broad SMARTS) is 1. The molecule has 1 atom stereocenters. The van der Waals surface area contributed by atoms with Gasteiger partial charge in [0.25, 0.3) is 0 Å². The van der Waals surface area contributed by atoms with Gasteiger partial charge >= 0.3 is 5.97 Å². The molecule has 0 saturated carbocycles. The van der Waals surface area contributed by atoms with Crippen molar-refractivity contribution in [2.75, 3.05) is 20.1 Å². The highest BCUT2D eigenvalue weighted by molar-refractivity contribution is 5.81. The van der Waals surface area contributed by atoms with Gasteiger partial charge in [-0.3, -0.25) is 14.5 Å². The van der Waals surface area contributed by atoms with E-state index in [-0.39, 0.29) is 18.4 Å². The highest BCUT2D eigenvalue weighted by Gasteiger charge is 2.17. The third-order valence-corrected chi connectivity index (χ3v) is 2.14. The van der Waals surface area contributed by atoms with Gasteiger partial charge in [-0.2, -0.15) is 0 Å². The molecule has 1 amide bonds. The predicted molar refractivity (Wildman–Crippen MR) is 57.6 cm³/mol. The molecule has 0 aromatic heterocycles. The number of carbonyl (C=O) groups excluding carboxylic acids is 1. The smallest absolute Gasteiger partial charge is 0.304 e. The standard InChI is InChI=1S/C10H18N2O3/c1-4-6-11-10(15)8(2)12(3)7-5-9(13)14/h4,8H,1,5-7H2,2-3H3,(H,11,15)(H,13,14). The van der Waals surface area contributed by atoms with Crippen molar-refractivity contribution in [2.45, 2.75) is 19.4 Å². The number of likely N-dealkylation sites (N-methyl/N-ethyl adjacent to an activating group) is 1. The summed E-state index contributed by atoms with van der Waals surface area (Å²) in [6.07, 6.45) is 1.64. The third-order valence-electron chi connectivity index (χ3n) is 2.14. The van der Waals surface area contributed by atoms with Crippen LogP contribution < -0.4 is 5.32 Å². The van der Waals surface area contributed by atoms with Crippen LogP contribution in [0, 0.1) is 0 Å². The Labute approximate surface area is 89.8 Å². The highest BCUT2D eigenvalue weighted by atomic mass is 16.4. The molecule has 0 aromatic rings. The Morgan fingerprint density at radius 1 is 1.60 bits per heavy atom.